The largest absolute Gasteiger partial charge is 0.508 e. The second kappa shape index (κ2) is 8.32. The molecular weight excluding hydrogens is 224 g/mol. The maximum absolute atomic E-state index is 10.1. The first kappa shape index (κ1) is 15.2. The maximum atomic E-state index is 10.1. The molecular formula is C12H16O5. The van der Waals surface area contributed by atoms with Crippen LogP contribution in [0, 0.1) is 0 Å². The Bertz CT molecular complexity index is 354. The Morgan fingerprint density at radius 1 is 1.35 bits per heavy atom. The summed E-state index contributed by atoms with van der Waals surface area (Å²) in [5.41, 5.74) is 0.746. The Hall–Kier alpha value is -1.85. The fourth-order valence-electron chi connectivity index (χ4n) is 0.753. The minimum atomic E-state index is -0.983. The maximum Gasteiger partial charge on any atom is 0.328 e. The van der Waals surface area contributed by atoms with Gasteiger partial charge in [-0.25, -0.2) is 4.79 Å². The minimum Gasteiger partial charge on any atom is -0.508 e. The molecule has 0 saturated carbocycles. The van der Waals surface area contributed by atoms with Crippen molar-refractivity contribution >= 4 is 12.0 Å². The van der Waals surface area contributed by atoms with E-state index in [-0.39, 0.29) is 12.4 Å². The summed E-state index contributed by atoms with van der Waals surface area (Å²) in [5.74, 6) is -0.814. The normalized spacial score (nSPS) is 11.7. The van der Waals surface area contributed by atoms with E-state index in [1.54, 1.807) is 12.1 Å². The number of benzene rings is 1. The second-order valence-corrected chi connectivity index (χ2v) is 3.29. The number of carboxylic acid groups (broad SMARTS) is 1. The van der Waals surface area contributed by atoms with Crippen LogP contribution in [-0.2, 0) is 4.79 Å². The first-order chi connectivity index (χ1) is 7.95. The van der Waals surface area contributed by atoms with Crippen molar-refractivity contribution in [2.75, 3.05) is 6.61 Å². The van der Waals surface area contributed by atoms with Gasteiger partial charge in [-0.15, -0.1) is 0 Å². The Morgan fingerprint density at radius 2 is 1.82 bits per heavy atom. The third kappa shape index (κ3) is 9.10. The third-order valence-corrected chi connectivity index (χ3v) is 1.58. The van der Waals surface area contributed by atoms with Gasteiger partial charge in [-0.1, -0.05) is 12.1 Å². The number of phenolic OH excluding ortho intramolecular Hbond substituents is 1. The predicted molar refractivity (Wildman–Crippen MR) is 63.5 cm³/mol. The molecule has 1 atom stereocenters. The number of hydrogen-bond acceptors (Lipinski definition) is 4. The van der Waals surface area contributed by atoms with Crippen LogP contribution in [0.15, 0.2) is 30.3 Å². The molecule has 0 fully saturated rings. The van der Waals surface area contributed by atoms with Crippen LogP contribution in [0.4, 0.5) is 0 Å². The third-order valence-electron chi connectivity index (χ3n) is 1.58. The zero-order valence-electron chi connectivity index (χ0n) is 9.45. The lowest BCUT2D eigenvalue weighted by Crippen LogP contribution is -2.03. The molecule has 0 heterocycles. The number of phenols is 1. The Balaban J connectivity index is 0.000000437. The van der Waals surface area contributed by atoms with Crippen molar-refractivity contribution in [3.8, 4) is 5.75 Å². The van der Waals surface area contributed by atoms with Crippen LogP contribution in [-0.4, -0.2) is 39.1 Å². The van der Waals surface area contributed by atoms with E-state index in [0.717, 1.165) is 11.6 Å². The standard InChI is InChI=1S/C9H8O3.C3H8O2/c10-8-4-1-7(2-5-8)3-6-9(11)12;1-3(5)2-4/h1-6,10H,(H,11,12);3-5H,2H2,1H3/b6-3+;. The van der Waals surface area contributed by atoms with Crippen molar-refractivity contribution in [2.45, 2.75) is 13.0 Å². The molecule has 0 spiro atoms. The van der Waals surface area contributed by atoms with Gasteiger partial charge >= 0.3 is 5.97 Å². The molecule has 0 aromatic heterocycles. The summed E-state index contributed by atoms with van der Waals surface area (Å²) < 4.78 is 0. The van der Waals surface area contributed by atoms with Crippen LogP contribution in [0.5, 0.6) is 5.75 Å². The molecule has 1 rings (SSSR count). The number of hydrogen-bond donors (Lipinski definition) is 4. The summed E-state index contributed by atoms with van der Waals surface area (Å²) in [4.78, 5) is 10.1. The SMILES string of the molecule is CC(O)CO.O=C(O)/C=C/c1ccc(O)cc1. The van der Waals surface area contributed by atoms with E-state index in [2.05, 4.69) is 0 Å². The molecule has 1 aromatic carbocycles. The predicted octanol–water partition coefficient (Wildman–Crippen LogP) is 0.849. The summed E-state index contributed by atoms with van der Waals surface area (Å²) in [7, 11) is 0. The lowest BCUT2D eigenvalue weighted by atomic mass is 10.2. The van der Waals surface area contributed by atoms with Crippen molar-refractivity contribution in [3.05, 3.63) is 35.9 Å². The van der Waals surface area contributed by atoms with Gasteiger partial charge in [0.2, 0.25) is 0 Å². The summed E-state index contributed by atoms with van der Waals surface area (Å²) in [6, 6.07) is 6.27. The molecule has 0 bridgehead atoms. The number of aliphatic carboxylic acids is 1. The van der Waals surface area contributed by atoms with Crippen LogP contribution in [0.3, 0.4) is 0 Å². The molecule has 17 heavy (non-hydrogen) atoms. The van der Waals surface area contributed by atoms with Gasteiger partial charge in [0.15, 0.2) is 0 Å². The second-order valence-electron chi connectivity index (χ2n) is 3.29. The number of rotatable bonds is 3. The van der Waals surface area contributed by atoms with E-state index in [4.69, 9.17) is 20.4 Å². The number of aromatic hydroxyl groups is 1. The molecule has 5 nitrogen and oxygen atoms in total. The van der Waals surface area contributed by atoms with Crippen molar-refractivity contribution in [1.29, 1.82) is 0 Å². The average Bonchev–Trinajstić information content (AvgIpc) is 2.29. The number of carbonyl (C=O) groups is 1. The molecule has 0 saturated heterocycles. The van der Waals surface area contributed by atoms with Gasteiger partial charge in [0.05, 0.1) is 12.7 Å². The smallest absolute Gasteiger partial charge is 0.328 e. The lowest BCUT2D eigenvalue weighted by Gasteiger charge is -1.92. The van der Waals surface area contributed by atoms with Crippen molar-refractivity contribution < 1.29 is 25.2 Å². The first-order valence-electron chi connectivity index (χ1n) is 4.94. The van der Waals surface area contributed by atoms with E-state index in [1.807, 2.05) is 0 Å². The monoisotopic (exact) mass is 240 g/mol. The highest BCUT2D eigenvalue weighted by molar-refractivity contribution is 5.85. The van der Waals surface area contributed by atoms with Crippen LogP contribution in [0.2, 0.25) is 0 Å². The quantitative estimate of drug-likeness (QED) is 0.587. The van der Waals surface area contributed by atoms with Gasteiger partial charge in [-0.2, -0.15) is 0 Å². The zero-order chi connectivity index (χ0) is 13.3. The summed E-state index contributed by atoms with van der Waals surface area (Å²) >= 11 is 0. The number of carboxylic acids is 1. The molecule has 0 amide bonds. The topological polar surface area (TPSA) is 98.0 Å². The van der Waals surface area contributed by atoms with Crippen molar-refractivity contribution in [1.82, 2.24) is 0 Å². The molecule has 1 aromatic rings. The van der Waals surface area contributed by atoms with Gasteiger partial charge in [0.1, 0.15) is 5.75 Å². The van der Waals surface area contributed by atoms with Crippen molar-refractivity contribution in [3.63, 3.8) is 0 Å². The number of aliphatic hydroxyl groups excluding tert-OH is 2. The summed E-state index contributed by atoms with van der Waals surface area (Å²) in [6.07, 6.45) is 1.95. The Morgan fingerprint density at radius 3 is 2.18 bits per heavy atom. The molecule has 0 aliphatic heterocycles. The van der Waals surface area contributed by atoms with Crippen LogP contribution < -0.4 is 0 Å². The lowest BCUT2D eigenvalue weighted by molar-refractivity contribution is -0.131. The first-order valence-corrected chi connectivity index (χ1v) is 4.94. The fraction of sp³-hybridized carbons (Fsp3) is 0.250. The molecule has 4 N–H and O–H groups in total. The van der Waals surface area contributed by atoms with E-state index >= 15 is 0 Å². The fourth-order valence-corrected chi connectivity index (χ4v) is 0.753. The minimum absolute atomic E-state index is 0.139. The summed E-state index contributed by atoms with van der Waals surface area (Å²) in [5, 5.41) is 33.2. The van der Waals surface area contributed by atoms with Gasteiger partial charge in [-0.05, 0) is 30.7 Å². The number of aliphatic hydroxyl groups is 2. The van der Waals surface area contributed by atoms with Crippen molar-refractivity contribution in [2.24, 2.45) is 0 Å². The highest BCUT2D eigenvalue weighted by Gasteiger charge is 1.89. The average molecular weight is 240 g/mol. The molecule has 5 heteroatoms. The van der Waals surface area contributed by atoms with Crippen LogP contribution in [0.1, 0.15) is 12.5 Å². The highest BCUT2D eigenvalue weighted by atomic mass is 16.4. The van der Waals surface area contributed by atoms with Gasteiger partial charge in [0.25, 0.3) is 0 Å². The Labute approximate surface area is 99.3 Å². The van der Waals surface area contributed by atoms with E-state index in [9.17, 15) is 4.79 Å². The Kier molecular flexibility index (Phi) is 7.41. The molecule has 0 aliphatic carbocycles. The molecule has 94 valence electrons. The van der Waals surface area contributed by atoms with Gasteiger partial charge in [0, 0.05) is 6.08 Å². The van der Waals surface area contributed by atoms with E-state index in [0.29, 0.717) is 0 Å². The highest BCUT2D eigenvalue weighted by Crippen LogP contribution is 2.10. The van der Waals surface area contributed by atoms with Gasteiger partial charge in [-0.3, -0.25) is 0 Å². The molecule has 1 unspecified atom stereocenters. The van der Waals surface area contributed by atoms with E-state index < -0.39 is 12.1 Å². The molecule has 0 radical (unpaired) electrons. The van der Waals surface area contributed by atoms with Gasteiger partial charge < -0.3 is 20.4 Å². The van der Waals surface area contributed by atoms with E-state index in [1.165, 1.54) is 25.1 Å². The molecule has 0 aliphatic rings. The summed E-state index contributed by atoms with van der Waals surface area (Å²) in [6.45, 7) is 1.39. The zero-order valence-corrected chi connectivity index (χ0v) is 9.45. The van der Waals surface area contributed by atoms with Crippen LogP contribution in [0.25, 0.3) is 6.08 Å². The van der Waals surface area contributed by atoms with Crippen LogP contribution >= 0.6 is 0 Å².